The van der Waals surface area contributed by atoms with Crippen molar-refractivity contribution in [2.24, 2.45) is 0 Å². The Labute approximate surface area is 457 Å². The molecule has 11 aromatic rings. The summed E-state index contributed by atoms with van der Waals surface area (Å²) in [6.07, 6.45) is 0. The number of benzene rings is 9. The van der Waals surface area contributed by atoms with Gasteiger partial charge < -0.3 is 27.0 Å². The van der Waals surface area contributed by atoms with Crippen LogP contribution in [0.1, 0.15) is 0 Å². The van der Waals surface area contributed by atoms with Gasteiger partial charge in [-0.15, -0.1) is 0 Å². The number of rotatable bonds is 4. The van der Waals surface area contributed by atoms with E-state index in [2.05, 4.69) is 4.98 Å². The average Bonchev–Trinajstić information content (AvgIpc) is 3.17. The molecule has 0 amide bonds. The van der Waals surface area contributed by atoms with Crippen LogP contribution in [-0.2, 0) is 40.5 Å². The summed E-state index contributed by atoms with van der Waals surface area (Å²) in [5.41, 5.74) is 0.273. The number of nitrogens with zero attached hydrogens (tertiary/aromatic N) is 2. The largest absolute Gasteiger partial charge is 1.00 e. The second kappa shape index (κ2) is 16.6. The van der Waals surface area contributed by atoms with Crippen LogP contribution < -0.4 is 118 Å². The first-order valence-electron chi connectivity index (χ1n) is 16.9. The fourth-order valence-corrected chi connectivity index (χ4v) is 13.3. The Morgan fingerprint density at radius 3 is 1.36 bits per heavy atom. The van der Waals surface area contributed by atoms with Gasteiger partial charge in [0.15, 0.2) is 22.3 Å². The molecular formula is C38H12Cl2N2Na4O14S4. The summed E-state index contributed by atoms with van der Waals surface area (Å²) in [6.45, 7) is 0. The summed E-state index contributed by atoms with van der Waals surface area (Å²) in [7, 11) is -24.8. The Balaban J connectivity index is 0.00000153. The maximum absolute atomic E-state index is 12.8. The molecule has 9 aromatic carbocycles. The predicted octanol–water partition coefficient (Wildman–Crippen LogP) is -4.43. The Hall–Kier alpha value is -1.52. The minimum absolute atomic E-state index is 0. The Morgan fingerprint density at radius 2 is 0.859 bits per heavy atom. The molecule has 0 saturated heterocycles. The molecule has 0 fully saturated rings. The zero-order chi connectivity index (χ0) is 42.3. The summed E-state index contributed by atoms with van der Waals surface area (Å²) in [6, 6.07) is 19.1. The maximum atomic E-state index is 12.8. The summed E-state index contributed by atoms with van der Waals surface area (Å²) < 4.78 is 165. The molecule has 0 spiro atoms. The Kier molecular flexibility index (Phi) is 13.0. The van der Waals surface area contributed by atoms with Gasteiger partial charge in [0.25, 0.3) is 0 Å². The van der Waals surface area contributed by atoms with Crippen molar-refractivity contribution in [1.29, 1.82) is 0 Å². The van der Waals surface area contributed by atoms with Crippen LogP contribution in [0.4, 0.5) is 0 Å². The number of aromatic nitrogens is 2. The van der Waals surface area contributed by atoms with E-state index in [1.54, 1.807) is 6.07 Å². The van der Waals surface area contributed by atoms with Crippen LogP contribution >= 0.6 is 23.2 Å². The maximum Gasteiger partial charge on any atom is 1.00 e. The van der Waals surface area contributed by atoms with Crippen LogP contribution in [0.2, 0.25) is 10.0 Å². The van der Waals surface area contributed by atoms with E-state index in [1.807, 2.05) is 42.5 Å². The normalized spacial score (nSPS) is 12.8. The van der Waals surface area contributed by atoms with E-state index in [1.165, 1.54) is 0 Å². The topological polar surface area (TPSA) is 281 Å². The van der Waals surface area contributed by atoms with Gasteiger partial charge in [-0.25, -0.2) is 43.6 Å². The van der Waals surface area contributed by atoms with Gasteiger partial charge in [0.1, 0.15) is 72.6 Å². The minimum atomic E-state index is -6.38. The van der Waals surface area contributed by atoms with Gasteiger partial charge in [0.05, 0.1) is 19.6 Å². The molecule has 2 heterocycles. The van der Waals surface area contributed by atoms with Crippen LogP contribution in [0.5, 0.6) is 0 Å². The van der Waals surface area contributed by atoms with Gasteiger partial charge in [-0.1, -0.05) is 77.8 Å². The molecule has 0 aliphatic heterocycles. The van der Waals surface area contributed by atoms with E-state index >= 15 is 0 Å². The van der Waals surface area contributed by atoms with Crippen molar-refractivity contribution in [1.82, 2.24) is 9.97 Å². The van der Waals surface area contributed by atoms with E-state index in [-0.39, 0.29) is 178 Å². The molecule has 64 heavy (non-hydrogen) atoms. The number of hydrogen-bond donors (Lipinski definition) is 0. The zero-order valence-electron chi connectivity index (χ0n) is 32.9. The van der Waals surface area contributed by atoms with Crippen LogP contribution in [0.15, 0.2) is 101 Å². The van der Waals surface area contributed by atoms with E-state index in [0.717, 1.165) is 50.5 Å². The first-order chi connectivity index (χ1) is 28.1. The summed E-state index contributed by atoms with van der Waals surface area (Å²) in [5, 5.41) is 1.36. The molecule has 2 aromatic heterocycles. The molecule has 0 saturated carbocycles. The smallest absolute Gasteiger partial charge is 0.744 e. The second-order valence-electron chi connectivity index (χ2n) is 13.9. The predicted molar refractivity (Wildman–Crippen MR) is 215 cm³/mol. The Bertz CT molecular complexity index is 4380. The molecule has 11 rings (SSSR count). The van der Waals surface area contributed by atoms with Crippen LogP contribution in [0, 0.1) is 0 Å². The molecule has 0 N–H and O–H groups in total. The molecule has 26 heteroatoms. The third kappa shape index (κ3) is 7.28. The standard InChI is InChI=1S/C38H16Cl2N2O14S4.4Na/c39-28-33-35(29(40)32-34(28)55-20-10-15-5-4-13-2-1-3-14-6-7-17(30(20)41-32)24(15)23(13)14)56-21-11-16-12-22(57(43,44)45)27-26-19(9-8-18(25(16)26)31(21)42-33)36(58(46,47)48)38(60(52,53)54)37(27)59(49,50)51;;;;/h1-12H,(H,43,44,45)(H,46,47,48)(H,49,50,51)(H,52,53,54);;;;/q;4*+1/p-4. The van der Waals surface area contributed by atoms with Gasteiger partial charge in [-0.05, 0) is 55.9 Å². The third-order valence-electron chi connectivity index (χ3n) is 10.7. The van der Waals surface area contributed by atoms with Crippen molar-refractivity contribution in [2.45, 2.75) is 19.6 Å². The van der Waals surface area contributed by atoms with Gasteiger partial charge in [0, 0.05) is 26.9 Å². The molecule has 0 aliphatic rings. The van der Waals surface area contributed by atoms with Crippen LogP contribution in [-0.4, -0.2) is 61.9 Å². The molecule has 0 atom stereocenters. The van der Waals surface area contributed by atoms with E-state index in [4.69, 9.17) is 37.0 Å². The van der Waals surface area contributed by atoms with Crippen molar-refractivity contribution in [2.75, 3.05) is 0 Å². The first-order valence-corrected chi connectivity index (χ1v) is 23.3. The average molecular weight is 1010 g/mol. The SMILES string of the molecule is O=S(=O)([O-])c1c(S(=O)(=O)[O-])c2ccc3c4nc5c(Cl)c6oc7cc8ccc9cccc%10ccc(c7nc6c(Cl)c5oc4cc4cc(S(=O)(=O)[O-])c(c1S(=O)(=O)[O-])c2c43)c8c9%10.[Na+].[Na+].[Na+].[Na+]. The van der Waals surface area contributed by atoms with Crippen molar-refractivity contribution >= 4 is 173 Å². The fourth-order valence-electron chi connectivity index (χ4n) is 8.50. The Morgan fingerprint density at radius 1 is 0.422 bits per heavy atom. The third-order valence-corrected chi connectivity index (χ3v) is 15.2. The summed E-state index contributed by atoms with van der Waals surface area (Å²) >= 11 is 14.0. The molecule has 0 aliphatic carbocycles. The molecule has 16 nitrogen and oxygen atoms in total. The molecule has 0 radical (unpaired) electrons. The number of halogens is 2. The summed E-state index contributed by atoms with van der Waals surface area (Å²) in [5.74, 6) is 0. The van der Waals surface area contributed by atoms with Crippen LogP contribution in [0.3, 0.4) is 0 Å². The number of hydrogen-bond acceptors (Lipinski definition) is 16. The van der Waals surface area contributed by atoms with Crippen molar-refractivity contribution in [3.05, 3.63) is 82.8 Å². The monoisotopic (exact) mass is 1010 g/mol. The second-order valence-corrected chi connectivity index (χ2v) is 20.0. The van der Waals surface area contributed by atoms with Crippen molar-refractivity contribution in [3.8, 4) is 0 Å². The first kappa shape index (κ1) is 50.4. The molecule has 0 unspecified atom stereocenters. The van der Waals surface area contributed by atoms with E-state index in [0.29, 0.717) is 17.2 Å². The quantitative estimate of drug-likeness (QED) is 0.0696. The fraction of sp³-hybridized carbons (Fsp3) is 0. The van der Waals surface area contributed by atoms with Crippen LogP contribution in [0.25, 0.3) is 109 Å². The van der Waals surface area contributed by atoms with E-state index < -0.39 is 76.2 Å². The molecule has 300 valence electrons. The zero-order valence-corrected chi connectivity index (χ0v) is 45.7. The van der Waals surface area contributed by atoms with Gasteiger partial charge in [-0.2, -0.15) is 0 Å². The van der Waals surface area contributed by atoms with Crippen molar-refractivity contribution < 1.29 is 179 Å². The van der Waals surface area contributed by atoms with Crippen molar-refractivity contribution in [3.63, 3.8) is 0 Å². The van der Waals surface area contributed by atoms with Gasteiger partial charge in [0.2, 0.25) is 0 Å². The minimum Gasteiger partial charge on any atom is -0.744 e. The summed E-state index contributed by atoms with van der Waals surface area (Å²) in [4.78, 5) is 1.53. The van der Waals surface area contributed by atoms with E-state index in [9.17, 15) is 51.9 Å². The molecule has 0 bridgehead atoms. The van der Waals surface area contributed by atoms with Gasteiger partial charge in [-0.3, -0.25) is 0 Å². The van der Waals surface area contributed by atoms with Gasteiger partial charge >= 0.3 is 118 Å². The molecular weight excluding hydrogens is 1000 g/mol. The number of fused-ring (bicyclic) bond motifs is 6.